The summed E-state index contributed by atoms with van der Waals surface area (Å²) in [5.41, 5.74) is 40.7. The van der Waals surface area contributed by atoms with E-state index in [4.69, 9.17) is 40.1 Å². The van der Waals surface area contributed by atoms with Crippen LogP contribution in [0.2, 0.25) is 0 Å². The average Bonchev–Trinajstić information content (AvgIpc) is 0.851. The van der Waals surface area contributed by atoms with E-state index in [0.717, 1.165) is 0 Å². The summed E-state index contributed by atoms with van der Waals surface area (Å²) >= 11 is 3.88. The molecule has 0 aliphatic carbocycles. The van der Waals surface area contributed by atoms with E-state index in [1.54, 1.807) is 58.0 Å². The van der Waals surface area contributed by atoms with Gasteiger partial charge in [-0.3, -0.25) is 81.9 Å². The molecule has 0 unspecified atom stereocenters. The largest absolute Gasteiger partial charge is 0.508 e. The molecule has 0 bridgehead atoms. The number of thiol groups is 1. The Labute approximate surface area is 704 Å². The van der Waals surface area contributed by atoms with Crippen LogP contribution in [0.3, 0.4) is 0 Å². The molecule has 2 aromatic carbocycles. The summed E-state index contributed by atoms with van der Waals surface area (Å²) in [5, 5.41) is 57.5. The van der Waals surface area contributed by atoms with Gasteiger partial charge in [0.15, 0.2) is 11.9 Å². The number of phenols is 1. The summed E-state index contributed by atoms with van der Waals surface area (Å²) in [4.78, 5) is 227. The summed E-state index contributed by atoms with van der Waals surface area (Å²) in [7, 11) is 0. The summed E-state index contributed by atoms with van der Waals surface area (Å²) in [6, 6.07) is -5.73. The second-order valence-corrected chi connectivity index (χ2v) is 30.4. The number of hydrogen-bond acceptors (Lipinski definition) is 23. The number of aliphatic imine (C=N–C) groups is 2. The van der Waals surface area contributed by atoms with E-state index >= 15 is 0 Å². The normalized spacial score (nSPS) is 14.8. The van der Waals surface area contributed by atoms with Gasteiger partial charge in [0.25, 0.3) is 0 Å². The number of unbranched alkanes of at least 4 members (excludes halogenated alkanes) is 2. The van der Waals surface area contributed by atoms with Crippen LogP contribution in [0.15, 0.2) is 64.6 Å². The molecule has 0 aliphatic heterocycles. The number of nitrogens with one attached hydrogen (secondary N) is 15. The zero-order valence-electron chi connectivity index (χ0n) is 70.0. The molecule has 2 rings (SSSR count). The maximum atomic E-state index is 14.7. The highest BCUT2D eigenvalue weighted by Crippen LogP contribution is 2.16. The second kappa shape index (κ2) is 55.3. The number of aromatic hydroxyl groups is 1. The summed E-state index contributed by atoms with van der Waals surface area (Å²) in [6.45, 7) is 14.9. The average molecular weight is 1710 g/mol. The van der Waals surface area contributed by atoms with Crippen LogP contribution in [0.25, 0.3) is 0 Å². The fourth-order valence-corrected chi connectivity index (χ4v) is 11.8. The van der Waals surface area contributed by atoms with Gasteiger partial charge in [-0.1, -0.05) is 76.6 Å². The first-order chi connectivity index (χ1) is 56.5. The van der Waals surface area contributed by atoms with E-state index in [9.17, 15) is 86.9 Å². The molecule has 15 atom stereocenters. The number of benzene rings is 2. The van der Waals surface area contributed by atoms with E-state index in [1.165, 1.54) is 65.8 Å². The highest BCUT2D eigenvalue weighted by Gasteiger charge is 2.37. The number of phenolic OH excluding ortho intramolecular Hbond substituents is 1. The van der Waals surface area contributed by atoms with Gasteiger partial charge in [-0.15, -0.1) is 0 Å². The van der Waals surface area contributed by atoms with E-state index in [-0.39, 0.29) is 113 Å². The van der Waals surface area contributed by atoms with Gasteiger partial charge in [0, 0.05) is 31.7 Å². The van der Waals surface area contributed by atoms with Gasteiger partial charge in [0.1, 0.15) is 90.3 Å². The summed E-state index contributed by atoms with van der Waals surface area (Å²) in [5.74, 6) is -15.5. The van der Waals surface area contributed by atoms with Crippen LogP contribution in [-0.2, 0) is 89.6 Å². The molecular formula is C77H128N24O18S. The van der Waals surface area contributed by atoms with Crippen molar-refractivity contribution < 1.29 is 86.9 Å². The topological polar surface area (TPSA) is 701 Å². The van der Waals surface area contributed by atoms with Crippen LogP contribution in [-0.4, -0.2) is 246 Å². The third kappa shape index (κ3) is 41.3. The Bertz CT molecular complexity index is 3780. The molecule has 0 radical (unpaired) electrons. The standard InChI is InChI=1S/C77H128N24O18S/c1-40(2)34-55(99-69(112)52(23-15-17-31-79)95-65(108)47(10)93-72(115)57(36-48-20-12-11-13-21-48)98-66(109)46(9)90-67(110)51(80)22-14-16-30-78)71(114)92-44(7)63(106)89-45(8)64(107)96-54(25-19-33-86-77(83)84)70(113)100-56(35-41(3)4)73(116)101-58(37-49-26-28-50(102)29-27-49)74(117)97-53(24-18-32-85-76(81)82)68(111)91-43(6)62(105)88-42(5)61(104)87-38-60(103)94-59(39-120)75(118)119/h11-13,20-21,26-29,40-47,51-59,102,120H,14-19,22-25,30-39,78-80H2,1-10H3,(H,87,104)(H,88,105)(H,89,106)(H,90,110)(H,91,111)(H,92,114)(H,93,115)(H,94,103)(H,95,108)(H,96,107)(H,97,117)(H,98,109)(H,99,112)(H,100,113)(H,101,116)(H,118,119)(H4,81,82,85)(H4,83,84,86)/t42-,43-,44-,45-,46-,47-,51-,52-,53-,54-,55-,56-,57-,58-,59-/m0/s1. The number of carboxylic acids is 1. The van der Waals surface area contributed by atoms with Gasteiger partial charge in [0.05, 0.1) is 12.6 Å². The number of aliphatic carboxylic acids is 1. The van der Waals surface area contributed by atoms with Crippen LogP contribution >= 0.6 is 12.6 Å². The van der Waals surface area contributed by atoms with Crippen LogP contribution in [0.5, 0.6) is 5.75 Å². The van der Waals surface area contributed by atoms with Gasteiger partial charge >= 0.3 is 5.97 Å². The predicted octanol–water partition coefficient (Wildman–Crippen LogP) is -6.00. The SMILES string of the molecule is CC(C)C[C@H](NC(=O)[C@H](CCCCN)NC(=O)[C@H](C)NC(=O)[C@H](Cc1ccccc1)NC(=O)[C@H](C)NC(=O)[C@@H](N)CCCCN)C(=O)N[C@@H](C)C(=O)N[C@@H](C)C(=O)N[C@@H](CCCN=C(N)N)C(=O)N[C@@H](CC(C)C)C(=O)N[C@@H](Cc1ccc(O)cc1)C(=O)N[C@@H](CCCN=C(N)N)C(=O)N[C@@H](C)C(=O)N[C@@H](C)C(=O)NCC(=O)N[C@@H](CS)C(=O)O. The van der Waals surface area contributed by atoms with Crippen molar-refractivity contribution in [1.82, 2.24) is 79.8 Å². The molecule has 42 nitrogen and oxygen atoms in total. The maximum absolute atomic E-state index is 14.7. The number of nitrogens with zero attached hydrogens (tertiary/aromatic N) is 2. The van der Waals surface area contributed by atoms with Crippen molar-refractivity contribution >= 4 is 119 Å². The summed E-state index contributed by atoms with van der Waals surface area (Å²) in [6.07, 6.45) is 1.82. The molecule has 120 heavy (non-hydrogen) atoms. The number of carbonyl (C=O) groups excluding carboxylic acids is 15. The molecule has 0 aliphatic rings. The van der Waals surface area contributed by atoms with Crippen molar-refractivity contribution in [3.8, 4) is 5.75 Å². The number of rotatable bonds is 56. The van der Waals surface area contributed by atoms with E-state index in [2.05, 4.69) is 102 Å². The number of amides is 15. The fourth-order valence-electron chi connectivity index (χ4n) is 11.6. The molecule has 670 valence electrons. The van der Waals surface area contributed by atoms with E-state index < -0.39 is 192 Å². The van der Waals surface area contributed by atoms with Crippen molar-refractivity contribution in [2.75, 3.05) is 38.5 Å². The van der Waals surface area contributed by atoms with Gasteiger partial charge in [-0.05, 0) is 160 Å². The minimum atomic E-state index is -1.55. The number of carbonyl (C=O) groups is 16. The first-order valence-electron chi connectivity index (χ1n) is 39.9. The van der Waals surface area contributed by atoms with Crippen molar-refractivity contribution in [2.24, 2.45) is 62.0 Å². The smallest absolute Gasteiger partial charge is 0.327 e. The molecule has 0 heterocycles. The Hall–Kier alpha value is -11.5. The molecule has 2 aromatic rings. The predicted molar refractivity (Wildman–Crippen MR) is 450 cm³/mol. The molecular weight excluding hydrogens is 1580 g/mol. The van der Waals surface area contributed by atoms with Crippen LogP contribution in [0.4, 0.5) is 0 Å². The fraction of sp³-hybridized carbons (Fsp3) is 0.610. The minimum absolute atomic E-state index is 0.0235. The Morgan fingerprint density at radius 3 is 1.07 bits per heavy atom. The molecule has 0 spiro atoms. The Morgan fingerprint density at radius 2 is 0.667 bits per heavy atom. The first-order valence-corrected chi connectivity index (χ1v) is 40.6. The molecule has 0 saturated heterocycles. The van der Waals surface area contributed by atoms with Crippen LogP contribution in [0, 0.1) is 11.8 Å². The number of carboxylic acid groups (broad SMARTS) is 1. The van der Waals surface area contributed by atoms with Crippen molar-refractivity contribution in [3.05, 3.63) is 65.7 Å². The first kappa shape index (κ1) is 105. The van der Waals surface area contributed by atoms with Gasteiger partial charge in [0.2, 0.25) is 88.6 Å². The quantitative estimate of drug-likeness (QED) is 0.0127. The Kier molecular flexibility index (Phi) is 48.2. The van der Waals surface area contributed by atoms with E-state index in [0.29, 0.717) is 49.8 Å². The number of nitrogens with two attached hydrogens (primary N) is 7. The Morgan fingerprint density at radius 1 is 0.358 bits per heavy atom. The number of guanidine groups is 2. The van der Waals surface area contributed by atoms with E-state index in [1.807, 2.05) is 0 Å². The van der Waals surface area contributed by atoms with Gasteiger partial charge in [-0.2, -0.15) is 12.6 Å². The lowest BCUT2D eigenvalue weighted by Gasteiger charge is -2.28. The van der Waals surface area contributed by atoms with Gasteiger partial charge in [-0.25, -0.2) is 4.79 Å². The lowest BCUT2D eigenvalue weighted by molar-refractivity contribution is -0.141. The lowest BCUT2D eigenvalue weighted by Crippen LogP contribution is -2.60. The summed E-state index contributed by atoms with van der Waals surface area (Å²) < 4.78 is 0. The molecule has 15 amide bonds. The van der Waals surface area contributed by atoms with Crippen molar-refractivity contribution in [3.63, 3.8) is 0 Å². The number of hydrogen-bond donors (Lipinski definition) is 25. The third-order valence-corrected chi connectivity index (χ3v) is 18.8. The van der Waals surface area contributed by atoms with Crippen molar-refractivity contribution in [2.45, 2.75) is 250 Å². The second-order valence-electron chi connectivity index (χ2n) is 30.1. The van der Waals surface area contributed by atoms with Gasteiger partial charge < -0.3 is 130 Å². The van der Waals surface area contributed by atoms with Crippen molar-refractivity contribution in [1.29, 1.82) is 0 Å². The zero-order valence-corrected chi connectivity index (χ0v) is 70.9. The molecule has 31 N–H and O–H groups in total. The lowest BCUT2D eigenvalue weighted by atomic mass is 10.00. The minimum Gasteiger partial charge on any atom is -0.508 e. The molecule has 0 saturated carbocycles. The highest BCUT2D eigenvalue weighted by molar-refractivity contribution is 7.80. The highest BCUT2D eigenvalue weighted by atomic mass is 32.1. The molecule has 43 heteroatoms. The third-order valence-electron chi connectivity index (χ3n) is 18.4. The maximum Gasteiger partial charge on any atom is 0.327 e. The zero-order chi connectivity index (χ0) is 90.5. The Balaban J connectivity index is 2.40. The van der Waals surface area contributed by atoms with Crippen LogP contribution < -0.4 is 120 Å². The van der Waals surface area contributed by atoms with Crippen LogP contribution in [0.1, 0.15) is 157 Å². The molecule has 0 aromatic heterocycles. The monoisotopic (exact) mass is 1710 g/mol. The molecule has 0 fully saturated rings.